The second-order valence-corrected chi connectivity index (χ2v) is 10.7. The lowest BCUT2D eigenvalue weighted by atomic mass is 9.86. The van der Waals surface area contributed by atoms with E-state index in [1.54, 1.807) is 4.90 Å². The third-order valence-electron chi connectivity index (χ3n) is 6.81. The lowest BCUT2D eigenvalue weighted by Gasteiger charge is -2.34. The maximum Gasteiger partial charge on any atom is 0.416 e. The lowest BCUT2D eigenvalue weighted by molar-refractivity contribution is -0.134. The standard InChI is InChI=1S/C27H41N3O5/c1-27(2,3)35-25(32)29-16-13-20(14-17-29)11-12-22(10-7-15-28)24(31)30-23(19-34-26(30)33)18-21-8-5-4-6-9-21/h4-6,8-9,20,22-23H,7,10-19,28H2,1-3H3/t22-,23+/m0/s1. The fourth-order valence-corrected chi connectivity index (χ4v) is 4.89. The minimum atomic E-state index is -0.542. The van der Waals surface area contributed by atoms with Crippen molar-refractivity contribution in [3.63, 3.8) is 0 Å². The van der Waals surface area contributed by atoms with Crippen LogP contribution >= 0.6 is 0 Å². The number of hydrogen-bond donors (Lipinski definition) is 1. The predicted octanol–water partition coefficient (Wildman–Crippen LogP) is 4.36. The van der Waals surface area contributed by atoms with Crippen molar-refractivity contribution in [3.05, 3.63) is 35.9 Å². The van der Waals surface area contributed by atoms with Gasteiger partial charge in [-0.15, -0.1) is 0 Å². The number of piperidine rings is 1. The van der Waals surface area contributed by atoms with Crippen molar-refractivity contribution in [3.8, 4) is 0 Å². The van der Waals surface area contributed by atoms with Gasteiger partial charge in [0.05, 0.1) is 6.04 Å². The molecule has 0 aromatic heterocycles. The maximum atomic E-state index is 13.5. The number of nitrogens with two attached hydrogens (primary N) is 1. The van der Waals surface area contributed by atoms with Crippen LogP contribution in [0.15, 0.2) is 30.3 Å². The van der Waals surface area contributed by atoms with Crippen LogP contribution in [0.2, 0.25) is 0 Å². The first-order chi connectivity index (χ1) is 16.7. The number of rotatable bonds is 9. The van der Waals surface area contributed by atoms with Crippen molar-refractivity contribution in [2.45, 2.75) is 77.4 Å². The minimum absolute atomic E-state index is 0.145. The molecule has 0 unspecified atom stereocenters. The first-order valence-electron chi connectivity index (χ1n) is 12.9. The molecule has 194 valence electrons. The largest absolute Gasteiger partial charge is 0.447 e. The molecule has 0 radical (unpaired) electrons. The summed E-state index contributed by atoms with van der Waals surface area (Å²) < 4.78 is 10.8. The molecule has 8 nitrogen and oxygen atoms in total. The number of carbonyl (C=O) groups excluding carboxylic acids is 3. The Morgan fingerprint density at radius 3 is 2.46 bits per heavy atom. The second-order valence-electron chi connectivity index (χ2n) is 10.7. The van der Waals surface area contributed by atoms with Gasteiger partial charge in [0, 0.05) is 19.0 Å². The van der Waals surface area contributed by atoms with E-state index in [-0.39, 0.29) is 30.6 Å². The molecule has 0 bridgehead atoms. The molecule has 2 heterocycles. The van der Waals surface area contributed by atoms with Crippen molar-refractivity contribution in [2.75, 3.05) is 26.2 Å². The van der Waals surface area contributed by atoms with Gasteiger partial charge in [-0.05, 0) is 83.7 Å². The van der Waals surface area contributed by atoms with Gasteiger partial charge in [-0.25, -0.2) is 14.5 Å². The van der Waals surface area contributed by atoms with Crippen LogP contribution in [0.4, 0.5) is 9.59 Å². The van der Waals surface area contributed by atoms with E-state index in [0.29, 0.717) is 44.8 Å². The fraction of sp³-hybridized carbons (Fsp3) is 0.667. The van der Waals surface area contributed by atoms with Gasteiger partial charge < -0.3 is 20.1 Å². The zero-order valence-electron chi connectivity index (χ0n) is 21.4. The quantitative estimate of drug-likeness (QED) is 0.555. The van der Waals surface area contributed by atoms with Crippen LogP contribution < -0.4 is 5.73 Å². The van der Waals surface area contributed by atoms with Crippen LogP contribution in [0.5, 0.6) is 0 Å². The van der Waals surface area contributed by atoms with E-state index in [9.17, 15) is 14.4 Å². The number of carbonyl (C=O) groups is 3. The van der Waals surface area contributed by atoms with Crippen LogP contribution in [0.25, 0.3) is 0 Å². The second kappa shape index (κ2) is 12.4. The van der Waals surface area contributed by atoms with E-state index in [1.807, 2.05) is 51.1 Å². The number of cyclic esters (lactones) is 1. The van der Waals surface area contributed by atoms with Crippen LogP contribution in [0, 0.1) is 11.8 Å². The predicted molar refractivity (Wildman–Crippen MR) is 134 cm³/mol. The highest BCUT2D eigenvalue weighted by atomic mass is 16.6. The average molecular weight is 488 g/mol. The fourth-order valence-electron chi connectivity index (χ4n) is 4.89. The summed E-state index contributed by atoms with van der Waals surface area (Å²) in [7, 11) is 0. The summed E-state index contributed by atoms with van der Waals surface area (Å²) in [5.74, 6) is 0.0342. The monoisotopic (exact) mass is 487 g/mol. The van der Waals surface area contributed by atoms with Gasteiger partial charge in [0.25, 0.3) is 0 Å². The Bertz CT molecular complexity index is 846. The normalized spacial score (nSPS) is 20.0. The molecule has 2 saturated heterocycles. The molecule has 0 saturated carbocycles. The Morgan fingerprint density at radius 1 is 1.14 bits per heavy atom. The van der Waals surface area contributed by atoms with Crippen molar-refractivity contribution in [1.29, 1.82) is 0 Å². The SMILES string of the molecule is CC(C)(C)OC(=O)N1CCC(CC[C@H](CCCN)C(=O)N2C(=O)OC[C@H]2Cc2ccccc2)CC1. The Labute approximate surface area is 209 Å². The Kier molecular flexibility index (Phi) is 9.55. The zero-order chi connectivity index (χ0) is 25.4. The minimum Gasteiger partial charge on any atom is -0.447 e. The molecule has 2 aliphatic rings. The Morgan fingerprint density at radius 2 is 1.83 bits per heavy atom. The average Bonchev–Trinajstić information content (AvgIpc) is 3.18. The van der Waals surface area contributed by atoms with E-state index in [1.165, 1.54) is 4.90 Å². The summed E-state index contributed by atoms with van der Waals surface area (Å²) in [6, 6.07) is 9.58. The van der Waals surface area contributed by atoms with Gasteiger partial charge in [-0.2, -0.15) is 0 Å². The van der Waals surface area contributed by atoms with E-state index in [4.69, 9.17) is 15.2 Å². The number of benzene rings is 1. The van der Waals surface area contributed by atoms with Crippen LogP contribution in [-0.4, -0.2) is 65.8 Å². The van der Waals surface area contributed by atoms with Gasteiger partial charge in [0.2, 0.25) is 5.91 Å². The summed E-state index contributed by atoms with van der Waals surface area (Å²) in [6.45, 7) is 7.68. The van der Waals surface area contributed by atoms with E-state index >= 15 is 0 Å². The van der Waals surface area contributed by atoms with Gasteiger partial charge in [0.1, 0.15) is 12.2 Å². The number of ether oxygens (including phenoxy) is 2. The molecule has 1 aromatic carbocycles. The molecular weight excluding hydrogens is 446 g/mol. The smallest absolute Gasteiger partial charge is 0.416 e. The third-order valence-corrected chi connectivity index (χ3v) is 6.81. The number of imide groups is 1. The van der Waals surface area contributed by atoms with E-state index in [2.05, 4.69) is 0 Å². The molecule has 2 fully saturated rings. The van der Waals surface area contributed by atoms with Crippen LogP contribution in [0.3, 0.4) is 0 Å². The van der Waals surface area contributed by atoms with Crippen LogP contribution in [-0.2, 0) is 20.7 Å². The molecule has 2 atom stereocenters. The highest BCUT2D eigenvalue weighted by molar-refractivity contribution is 5.94. The molecule has 8 heteroatoms. The first-order valence-corrected chi connectivity index (χ1v) is 12.9. The molecule has 1 aromatic rings. The number of hydrogen-bond acceptors (Lipinski definition) is 6. The molecule has 3 rings (SSSR count). The van der Waals surface area contributed by atoms with Crippen molar-refractivity contribution < 1.29 is 23.9 Å². The van der Waals surface area contributed by atoms with Gasteiger partial charge in [-0.1, -0.05) is 30.3 Å². The molecule has 0 spiro atoms. The summed E-state index contributed by atoms with van der Waals surface area (Å²) in [4.78, 5) is 41.5. The highest BCUT2D eigenvalue weighted by Gasteiger charge is 2.40. The molecule has 2 N–H and O–H groups in total. The van der Waals surface area contributed by atoms with Gasteiger partial charge >= 0.3 is 12.2 Å². The molecular formula is C27H41N3O5. The number of nitrogens with zero attached hydrogens (tertiary/aromatic N) is 2. The molecule has 35 heavy (non-hydrogen) atoms. The lowest BCUT2D eigenvalue weighted by Crippen LogP contribution is -2.44. The maximum absolute atomic E-state index is 13.5. The Hall–Kier alpha value is -2.61. The summed E-state index contributed by atoms with van der Waals surface area (Å²) in [6.07, 6.45) is 4.55. The summed E-state index contributed by atoms with van der Waals surface area (Å²) >= 11 is 0. The van der Waals surface area contributed by atoms with Crippen LogP contribution in [0.1, 0.15) is 64.9 Å². The molecule has 3 amide bonds. The Balaban J connectivity index is 1.56. The molecule has 0 aliphatic carbocycles. The van der Waals surface area contributed by atoms with Crippen molar-refractivity contribution >= 4 is 18.1 Å². The topological polar surface area (TPSA) is 102 Å². The number of amides is 3. The number of likely N-dealkylation sites (tertiary alicyclic amines) is 1. The van der Waals surface area contributed by atoms with Crippen molar-refractivity contribution in [1.82, 2.24) is 9.80 Å². The zero-order valence-corrected chi connectivity index (χ0v) is 21.4. The highest BCUT2D eigenvalue weighted by Crippen LogP contribution is 2.29. The summed E-state index contributed by atoms with van der Waals surface area (Å²) in [5.41, 5.74) is 6.32. The third kappa shape index (κ3) is 7.95. The van der Waals surface area contributed by atoms with E-state index < -0.39 is 11.7 Å². The summed E-state index contributed by atoms with van der Waals surface area (Å²) in [5, 5.41) is 0. The first kappa shape index (κ1) is 27.0. The van der Waals surface area contributed by atoms with Crippen molar-refractivity contribution in [2.24, 2.45) is 17.6 Å². The van der Waals surface area contributed by atoms with E-state index in [0.717, 1.165) is 31.2 Å². The van der Waals surface area contributed by atoms with Gasteiger partial charge in [-0.3, -0.25) is 4.79 Å². The molecule has 2 aliphatic heterocycles. The van der Waals surface area contributed by atoms with Gasteiger partial charge in [0.15, 0.2) is 0 Å².